The minimum atomic E-state index is -1.22. The molecule has 7 nitrogen and oxygen atoms in total. The van der Waals surface area contributed by atoms with Crippen LogP contribution in [0.4, 0.5) is 0 Å². The lowest BCUT2D eigenvalue weighted by atomic mass is 9.87. The van der Waals surface area contributed by atoms with Gasteiger partial charge in [0.05, 0.1) is 11.8 Å². The molecule has 0 radical (unpaired) electrons. The summed E-state index contributed by atoms with van der Waals surface area (Å²) >= 11 is 0. The Kier molecular flexibility index (Phi) is 9.33. The number of aliphatic hydroxyl groups is 2. The number of hydrogen-bond donors (Lipinski definition) is 4. The van der Waals surface area contributed by atoms with Crippen LogP contribution in [0.25, 0.3) is 0 Å². The van der Waals surface area contributed by atoms with Crippen LogP contribution in [-0.4, -0.2) is 50.5 Å². The second kappa shape index (κ2) is 11.7. The highest BCUT2D eigenvalue weighted by Crippen LogP contribution is 2.35. The Morgan fingerprint density at radius 3 is 2.60 bits per heavy atom. The van der Waals surface area contributed by atoms with E-state index in [0.717, 1.165) is 25.7 Å². The highest BCUT2D eigenvalue weighted by Gasteiger charge is 2.38. The van der Waals surface area contributed by atoms with E-state index in [1.54, 1.807) is 19.1 Å². The number of oxime groups is 1. The predicted molar refractivity (Wildman–Crippen MR) is 114 cm³/mol. The van der Waals surface area contributed by atoms with E-state index in [4.69, 9.17) is 9.84 Å². The van der Waals surface area contributed by atoms with Gasteiger partial charge in [-0.2, -0.15) is 0 Å². The fraction of sp³-hybridized carbons (Fsp3) is 0.565. The van der Waals surface area contributed by atoms with Crippen LogP contribution in [-0.2, 0) is 4.79 Å². The van der Waals surface area contributed by atoms with E-state index in [2.05, 4.69) is 5.16 Å². The van der Waals surface area contributed by atoms with Crippen molar-refractivity contribution in [2.45, 2.75) is 63.6 Å². The number of carbonyl (C=O) groups is 1. The zero-order valence-electron chi connectivity index (χ0n) is 17.5. The minimum absolute atomic E-state index is 0.0721. The van der Waals surface area contributed by atoms with Crippen molar-refractivity contribution in [3.8, 4) is 5.75 Å². The Balaban J connectivity index is 1.91. The fourth-order valence-corrected chi connectivity index (χ4v) is 3.84. The van der Waals surface area contributed by atoms with Gasteiger partial charge in [0, 0.05) is 18.8 Å². The highest BCUT2D eigenvalue weighted by molar-refractivity contribution is 5.90. The summed E-state index contributed by atoms with van der Waals surface area (Å²) < 4.78 is 5.63. The number of carboxylic acid groups (broad SMARTS) is 1. The van der Waals surface area contributed by atoms with Crippen molar-refractivity contribution in [3.05, 3.63) is 42.5 Å². The SMILES string of the molecule is CC(O)(/C=C/[C@H]1/C(=N\O)C[C@H](O)[C@@H]1CCCCCCC(=O)O)COc1ccccc1. The van der Waals surface area contributed by atoms with Gasteiger partial charge in [-0.15, -0.1) is 0 Å². The van der Waals surface area contributed by atoms with Gasteiger partial charge >= 0.3 is 5.97 Å². The maximum Gasteiger partial charge on any atom is 0.303 e. The molecular weight excluding hydrogens is 386 g/mol. The predicted octanol–water partition coefficient (Wildman–Crippen LogP) is 3.63. The number of allylic oxidation sites excluding steroid dienone is 1. The van der Waals surface area contributed by atoms with Crippen molar-refractivity contribution < 1.29 is 30.1 Å². The summed E-state index contributed by atoms with van der Waals surface area (Å²) in [6, 6.07) is 9.23. The molecule has 0 bridgehead atoms. The van der Waals surface area contributed by atoms with Crippen LogP contribution in [0.3, 0.4) is 0 Å². The van der Waals surface area contributed by atoms with Gasteiger partial charge in [-0.3, -0.25) is 4.79 Å². The molecule has 1 aliphatic rings. The van der Waals surface area contributed by atoms with Crippen LogP contribution >= 0.6 is 0 Å². The van der Waals surface area contributed by atoms with E-state index in [-0.39, 0.29) is 24.9 Å². The number of hydrogen-bond acceptors (Lipinski definition) is 6. The largest absolute Gasteiger partial charge is 0.490 e. The van der Waals surface area contributed by atoms with Crippen LogP contribution < -0.4 is 4.74 Å². The number of benzene rings is 1. The van der Waals surface area contributed by atoms with E-state index in [0.29, 0.717) is 24.3 Å². The number of para-hydroxylation sites is 1. The molecule has 0 amide bonds. The first kappa shape index (κ1) is 23.9. The molecule has 0 spiro atoms. The van der Waals surface area contributed by atoms with Crippen molar-refractivity contribution >= 4 is 11.7 Å². The van der Waals surface area contributed by atoms with E-state index < -0.39 is 17.7 Å². The molecule has 1 aromatic carbocycles. The third-order valence-corrected chi connectivity index (χ3v) is 5.50. The molecule has 0 saturated heterocycles. The Morgan fingerprint density at radius 1 is 1.23 bits per heavy atom. The molecule has 4 atom stereocenters. The maximum absolute atomic E-state index is 10.6. The zero-order valence-corrected chi connectivity index (χ0v) is 17.5. The summed E-state index contributed by atoms with van der Waals surface area (Å²) in [6.07, 6.45) is 7.30. The molecule has 1 aliphatic carbocycles. The first-order valence-electron chi connectivity index (χ1n) is 10.5. The lowest BCUT2D eigenvalue weighted by Gasteiger charge is -2.23. The smallest absolute Gasteiger partial charge is 0.303 e. The Morgan fingerprint density at radius 2 is 1.93 bits per heavy atom. The molecule has 166 valence electrons. The Labute approximate surface area is 177 Å². The topological polar surface area (TPSA) is 120 Å². The average molecular weight is 420 g/mol. The zero-order chi connectivity index (χ0) is 22.0. The molecule has 0 aliphatic heterocycles. The van der Waals surface area contributed by atoms with Crippen molar-refractivity contribution in [3.63, 3.8) is 0 Å². The lowest BCUT2D eigenvalue weighted by Crippen LogP contribution is -2.30. The second-order valence-corrected chi connectivity index (χ2v) is 8.22. The van der Waals surface area contributed by atoms with Gasteiger partial charge in [-0.1, -0.05) is 54.8 Å². The lowest BCUT2D eigenvalue weighted by molar-refractivity contribution is -0.137. The third kappa shape index (κ3) is 7.80. The fourth-order valence-electron chi connectivity index (χ4n) is 3.84. The maximum atomic E-state index is 10.6. The minimum Gasteiger partial charge on any atom is -0.490 e. The Hall–Kier alpha value is -2.38. The van der Waals surface area contributed by atoms with Crippen LogP contribution in [0.1, 0.15) is 51.9 Å². The van der Waals surface area contributed by atoms with Crippen LogP contribution in [0, 0.1) is 11.8 Å². The summed E-state index contributed by atoms with van der Waals surface area (Å²) in [7, 11) is 0. The van der Waals surface area contributed by atoms with Gasteiger partial charge in [-0.05, 0) is 37.8 Å². The van der Waals surface area contributed by atoms with Crippen molar-refractivity contribution in [2.75, 3.05) is 6.61 Å². The first-order valence-corrected chi connectivity index (χ1v) is 10.5. The van der Waals surface area contributed by atoms with Gasteiger partial charge < -0.3 is 25.3 Å². The molecule has 0 aromatic heterocycles. The molecule has 2 rings (SSSR count). The molecule has 30 heavy (non-hydrogen) atoms. The summed E-state index contributed by atoms with van der Waals surface area (Å²) in [5, 5.41) is 42.5. The van der Waals surface area contributed by atoms with E-state index in [1.165, 1.54) is 0 Å². The highest BCUT2D eigenvalue weighted by atomic mass is 16.5. The molecule has 1 fully saturated rings. The van der Waals surface area contributed by atoms with Crippen molar-refractivity contribution in [2.24, 2.45) is 17.0 Å². The molecular formula is C23H33NO6. The van der Waals surface area contributed by atoms with Crippen LogP contribution in [0.15, 0.2) is 47.6 Å². The van der Waals surface area contributed by atoms with Gasteiger partial charge in [-0.25, -0.2) is 0 Å². The summed E-state index contributed by atoms with van der Waals surface area (Å²) in [5.41, 5.74) is -0.708. The number of aliphatic carboxylic acids is 1. The Bertz CT molecular complexity index is 716. The second-order valence-electron chi connectivity index (χ2n) is 8.22. The number of rotatable bonds is 12. The molecule has 0 heterocycles. The van der Waals surface area contributed by atoms with Gasteiger partial charge in [0.1, 0.15) is 18.0 Å². The number of nitrogens with zero attached hydrogens (tertiary/aromatic N) is 1. The molecule has 4 N–H and O–H groups in total. The van der Waals surface area contributed by atoms with Crippen molar-refractivity contribution in [1.82, 2.24) is 0 Å². The van der Waals surface area contributed by atoms with Crippen molar-refractivity contribution in [1.29, 1.82) is 0 Å². The number of unbranched alkanes of at least 4 members (excludes halogenated alkanes) is 3. The average Bonchev–Trinajstić information content (AvgIpc) is 3.03. The van der Waals surface area contributed by atoms with Gasteiger partial charge in [0.25, 0.3) is 0 Å². The number of carboxylic acids is 1. The molecule has 1 aromatic rings. The summed E-state index contributed by atoms with van der Waals surface area (Å²) in [4.78, 5) is 10.6. The number of aliphatic hydroxyl groups excluding tert-OH is 1. The van der Waals surface area contributed by atoms with Crippen LogP contribution in [0.5, 0.6) is 5.75 Å². The monoisotopic (exact) mass is 419 g/mol. The summed E-state index contributed by atoms with van der Waals surface area (Å²) in [5.74, 6) is -0.468. The quantitative estimate of drug-likeness (QED) is 0.178. The summed E-state index contributed by atoms with van der Waals surface area (Å²) in [6.45, 7) is 1.72. The molecule has 7 heteroatoms. The van der Waals surface area contributed by atoms with E-state index >= 15 is 0 Å². The van der Waals surface area contributed by atoms with Gasteiger partial charge in [0.2, 0.25) is 0 Å². The van der Waals surface area contributed by atoms with E-state index in [1.807, 2.05) is 30.3 Å². The molecule has 1 unspecified atom stereocenters. The van der Waals surface area contributed by atoms with Crippen LogP contribution in [0.2, 0.25) is 0 Å². The van der Waals surface area contributed by atoms with Gasteiger partial charge in [0.15, 0.2) is 0 Å². The number of ether oxygens (including phenoxy) is 1. The standard InChI is InChI=1S/C23H33NO6/c1-23(28,16-30-17-9-5-4-6-10-17)14-13-18-19(21(25)15-20(18)24-29)11-7-2-3-8-12-22(26)27/h4-6,9-10,13-14,18-19,21,25,28-29H,2-3,7-8,11-12,15-16H2,1H3,(H,26,27)/b14-13+,24-20-/t18-,19-,21+,23?/m1/s1. The first-order chi connectivity index (χ1) is 14.3. The van der Waals surface area contributed by atoms with E-state index in [9.17, 15) is 20.2 Å². The normalized spacial score (nSPS) is 24.9. The third-order valence-electron chi connectivity index (χ3n) is 5.50. The molecule has 1 saturated carbocycles.